The Balaban J connectivity index is 4.38. The van der Waals surface area contributed by atoms with Crippen LogP contribution < -0.4 is 0 Å². The van der Waals surface area contributed by atoms with Crippen LogP contribution in [-0.2, 0) is 32.7 Å². The lowest BCUT2D eigenvalue weighted by Gasteiger charge is -2.24. The number of rotatable bonds is 49. The average molecular weight is 1070 g/mol. The lowest BCUT2D eigenvalue weighted by Crippen LogP contribution is -2.37. The van der Waals surface area contributed by atoms with E-state index >= 15 is 0 Å². The summed E-state index contributed by atoms with van der Waals surface area (Å²) in [5.74, 6) is -0.907. The first kappa shape index (κ1) is 71.1. The quantitative estimate of drug-likeness (QED) is 0.0211. The summed E-state index contributed by atoms with van der Waals surface area (Å²) in [7, 11) is 1.39. The first-order chi connectivity index (χ1) is 37.0. The Morgan fingerprint density at radius 3 is 1.05 bits per heavy atom. The molecule has 0 bridgehead atoms. The summed E-state index contributed by atoms with van der Waals surface area (Å²) in [5, 5.41) is 0. The second-order valence-electron chi connectivity index (χ2n) is 19.2. The Morgan fingerprint density at radius 1 is 0.408 bits per heavy atom. The zero-order valence-corrected chi connectivity index (χ0v) is 48.8. The molecule has 9 nitrogen and oxygen atoms in total. The number of nitrogens with zero attached hydrogens (tertiary/aromatic N) is 1. The molecular weight excluding hydrogens is 966 g/mol. The highest BCUT2D eigenvalue weighted by Crippen LogP contribution is 2.43. The fourth-order valence-corrected chi connectivity index (χ4v) is 7.34. The fraction of sp³-hybridized carbons (Fsp3) is 0.515. The average Bonchev–Trinajstić information content (AvgIpc) is 3.38. The lowest BCUT2D eigenvalue weighted by atomic mass is 10.1. The molecule has 0 fully saturated rings. The molecule has 2 unspecified atom stereocenters. The van der Waals surface area contributed by atoms with E-state index in [1.807, 2.05) is 21.1 Å². The van der Waals surface area contributed by atoms with Gasteiger partial charge in [-0.15, -0.1) is 0 Å². The van der Waals surface area contributed by atoms with E-state index in [1.165, 1.54) is 0 Å². The van der Waals surface area contributed by atoms with Gasteiger partial charge in [0, 0.05) is 12.8 Å². The van der Waals surface area contributed by atoms with Crippen LogP contribution in [0.1, 0.15) is 168 Å². The van der Waals surface area contributed by atoms with Crippen LogP contribution in [0.3, 0.4) is 0 Å². The van der Waals surface area contributed by atoms with E-state index in [0.29, 0.717) is 23.9 Å². The number of carbonyl (C=O) groups is 2. The number of unbranched alkanes of at least 4 members (excludes halogenated alkanes) is 5. The number of hydrogen-bond donors (Lipinski definition) is 1. The third-order valence-electron chi connectivity index (χ3n) is 10.9. The maximum absolute atomic E-state index is 12.8. The Morgan fingerprint density at radius 2 is 0.711 bits per heavy atom. The normalized spacial score (nSPS) is 14.7. The standard InChI is InChI=1S/C66H102NO8P/c1-6-8-10-12-14-16-18-20-22-24-26-27-28-29-30-31-32-33-34-35-36-37-38-39-41-43-45-47-49-51-53-55-57-59-66(69)75-64(63-74-76(70,71)73-61-60-67(3,4)5)62-72-65(68)58-56-54-52-50-48-46-44-42-40-25-23-21-19-17-15-13-11-9-7-2/h8-11,14-17,20-23,26-27,29-30,32-33,35-36,38-40,42-43,45-46,48-49,51,64H,6-7,12-13,18-19,24-25,28,31,34,37,41,44,47,50,52-63H2,1-5H3/p+1/b10-8-,11-9-,16-14-,17-15-,22-20-,23-21-,27-26-,30-29-,33-32-,36-35-,39-38-,42-40-,45-43-,48-46-,51-49-. The molecule has 10 heteroatoms. The molecule has 0 aromatic heterocycles. The topological polar surface area (TPSA) is 108 Å². The number of phosphoric acid groups is 1. The highest BCUT2D eigenvalue weighted by atomic mass is 31.2. The second kappa shape index (κ2) is 54.9. The number of allylic oxidation sites excluding steroid dienone is 30. The summed E-state index contributed by atoms with van der Waals surface area (Å²) in [6.45, 7) is 4.07. The van der Waals surface area contributed by atoms with Crippen LogP contribution in [0.25, 0.3) is 0 Å². The Kier molecular flexibility index (Phi) is 51.4. The summed E-state index contributed by atoms with van der Waals surface area (Å²) in [6, 6.07) is 0. The molecule has 424 valence electrons. The second-order valence-corrected chi connectivity index (χ2v) is 20.7. The summed E-state index contributed by atoms with van der Waals surface area (Å²) in [5.41, 5.74) is 0. The summed E-state index contributed by atoms with van der Waals surface area (Å²) in [6.07, 6.45) is 85.4. The van der Waals surface area contributed by atoms with Crippen LogP contribution in [0.5, 0.6) is 0 Å². The summed E-state index contributed by atoms with van der Waals surface area (Å²) >= 11 is 0. The molecule has 0 aliphatic heterocycles. The van der Waals surface area contributed by atoms with Gasteiger partial charge in [-0.2, -0.15) is 0 Å². The van der Waals surface area contributed by atoms with Crippen LogP contribution in [-0.4, -0.2) is 74.9 Å². The molecule has 2 atom stereocenters. The van der Waals surface area contributed by atoms with Crippen molar-refractivity contribution in [3.8, 4) is 0 Å². The van der Waals surface area contributed by atoms with Gasteiger partial charge in [-0.05, 0) is 135 Å². The predicted octanol–water partition coefficient (Wildman–Crippen LogP) is 18.0. The maximum Gasteiger partial charge on any atom is 0.472 e. The molecule has 0 aromatic carbocycles. The fourth-order valence-electron chi connectivity index (χ4n) is 6.60. The zero-order valence-electron chi connectivity index (χ0n) is 47.9. The molecule has 76 heavy (non-hydrogen) atoms. The largest absolute Gasteiger partial charge is 0.472 e. The Bertz CT molecular complexity index is 1930. The van der Waals surface area contributed by atoms with E-state index in [2.05, 4.69) is 196 Å². The molecule has 0 saturated carbocycles. The highest BCUT2D eigenvalue weighted by molar-refractivity contribution is 7.47. The predicted molar refractivity (Wildman–Crippen MR) is 325 cm³/mol. The molecular formula is C66H103NO8P+. The minimum atomic E-state index is -4.42. The van der Waals surface area contributed by atoms with Crippen LogP contribution in [0.15, 0.2) is 182 Å². The van der Waals surface area contributed by atoms with E-state index in [4.69, 9.17) is 18.5 Å². The van der Waals surface area contributed by atoms with Crippen molar-refractivity contribution in [3.05, 3.63) is 182 Å². The highest BCUT2D eigenvalue weighted by Gasteiger charge is 2.27. The molecule has 0 rings (SSSR count). The van der Waals surface area contributed by atoms with Crippen molar-refractivity contribution in [2.75, 3.05) is 47.5 Å². The van der Waals surface area contributed by atoms with E-state index in [9.17, 15) is 19.0 Å². The minimum Gasteiger partial charge on any atom is -0.462 e. The van der Waals surface area contributed by atoms with E-state index in [0.717, 1.165) is 128 Å². The smallest absolute Gasteiger partial charge is 0.462 e. The van der Waals surface area contributed by atoms with Gasteiger partial charge in [0.1, 0.15) is 19.8 Å². The molecule has 0 radical (unpaired) electrons. The van der Waals surface area contributed by atoms with E-state index in [-0.39, 0.29) is 26.1 Å². The number of likely N-dealkylation sites (N-methyl/N-ethyl adjacent to an activating group) is 1. The molecule has 0 aromatic rings. The Labute approximate surface area is 463 Å². The van der Waals surface area contributed by atoms with Gasteiger partial charge in [0.2, 0.25) is 0 Å². The SMILES string of the molecule is CC/C=C\C/C=C\C/C=C\C/C=C\C/C=C\C/C=C\C/C=C\C/C=C\C/C=C\C/C=C\CCCCC(=O)OC(COC(=O)CCCCC/C=C\C/C=C\C/C=C\C/C=C\C/C=C\CC)COP(=O)(O)OCC[N+](C)(C)C. The molecule has 0 heterocycles. The number of phosphoric ester groups is 1. The van der Waals surface area contributed by atoms with Crippen LogP contribution in [0.2, 0.25) is 0 Å². The summed E-state index contributed by atoms with van der Waals surface area (Å²) < 4.78 is 34.4. The van der Waals surface area contributed by atoms with Gasteiger partial charge in [0.25, 0.3) is 0 Å². The van der Waals surface area contributed by atoms with Crippen molar-refractivity contribution in [2.24, 2.45) is 0 Å². The molecule has 0 aliphatic rings. The first-order valence-electron chi connectivity index (χ1n) is 28.5. The van der Waals surface area contributed by atoms with Crippen LogP contribution in [0.4, 0.5) is 0 Å². The summed E-state index contributed by atoms with van der Waals surface area (Å²) in [4.78, 5) is 35.6. The minimum absolute atomic E-state index is 0.00557. The monoisotopic (exact) mass is 1070 g/mol. The number of carbonyl (C=O) groups excluding carboxylic acids is 2. The third-order valence-corrected chi connectivity index (χ3v) is 11.9. The molecule has 0 saturated heterocycles. The van der Waals surface area contributed by atoms with Crippen LogP contribution in [0, 0.1) is 0 Å². The molecule has 0 aliphatic carbocycles. The van der Waals surface area contributed by atoms with Crippen molar-refractivity contribution < 1.29 is 42.1 Å². The van der Waals surface area contributed by atoms with Crippen molar-refractivity contribution >= 4 is 19.8 Å². The third kappa shape index (κ3) is 58.4. The van der Waals surface area contributed by atoms with Gasteiger partial charge < -0.3 is 18.9 Å². The van der Waals surface area contributed by atoms with Gasteiger partial charge in [-0.25, -0.2) is 4.57 Å². The van der Waals surface area contributed by atoms with Gasteiger partial charge in [0.15, 0.2) is 6.10 Å². The number of esters is 2. The van der Waals surface area contributed by atoms with E-state index < -0.39 is 32.5 Å². The van der Waals surface area contributed by atoms with Gasteiger partial charge in [0.05, 0.1) is 27.7 Å². The molecule has 0 spiro atoms. The number of ether oxygens (including phenoxy) is 2. The first-order valence-corrected chi connectivity index (χ1v) is 30.0. The number of hydrogen-bond acceptors (Lipinski definition) is 7. The van der Waals surface area contributed by atoms with Crippen molar-refractivity contribution in [2.45, 2.75) is 174 Å². The maximum atomic E-state index is 12.8. The van der Waals surface area contributed by atoms with Crippen molar-refractivity contribution in [1.29, 1.82) is 0 Å². The number of quaternary nitrogens is 1. The van der Waals surface area contributed by atoms with Crippen molar-refractivity contribution in [1.82, 2.24) is 0 Å². The van der Waals surface area contributed by atoms with Gasteiger partial charge >= 0.3 is 19.8 Å². The zero-order chi connectivity index (χ0) is 55.6. The van der Waals surface area contributed by atoms with Crippen LogP contribution >= 0.6 is 7.82 Å². The van der Waals surface area contributed by atoms with Gasteiger partial charge in [-0.1, -0.05) is 203 Å². The van der Waals surface area contributed by atoms with E-state index in [1.54, 1.807) is 0 Å². The molecule has 0 amide bonds. The van der Waals surface area contributed by atoms with Crippen molar-refractivity contribution in [3.63, 3.8) is 0 Å². The van der Waals surface area contributed by atoms with Gasteiger partial charge in [-0.3, -0.25) is 18.6 Å². The molecule has 1 N–H and O–H groups in total. The lowest BCUT2D eigenvalue weighted by molar-refractivity contribution is -0.870. The Hall–Kier alpha value is -4.89.